The molecule has 0 bridgehead atoms. The minimum atomic E-state index is -0.516. The van der Waals surface area contributed by atoms with Crippen molar-refractivity contribution in [2.45, 2.75) is 105 Å². The molecule has 4 aliphatic rings. The van der Waals surface area contributed by atoms with Gasteiger partial charge in [-0.3, -0.25) is 4.79 Å². The van der Waals surface area contributed by atoms with E-state index in [4.69, 9.17) is 43.3 Å². The van der Waals surface area contributed by atoms with Crippen LogP contribution in [0.5, 0.6) is 0 Å². The summed E-state index contributed by atoms with van der Waals surface area (Å²) in [6, 6.07) is 0. The molecule has 296 valence electrons. The summed E-state index contributed by atoms with van der Waals surface area (Å²) in [5, 5.41) is 17.6. The van der Waals surface area contributed by atoms with Crippen LogP contribution in [0.15, 0.2) is 38.0 Å². The van der Waals surface area contributed by atoms with Gasteiger partial charge in [0, 0.05) is 51.0 Å². The van der Waals surface area contributed by atoms with Crippen LogP contribution in [-0.4, -0.2) is 73.7 Å². The van der Waals surface area contributed by atoms with Crippen LogP contribution in [0.1, 0.15) is 100 Å². The molecule has 4 fully saturated rings. The molecule has 2 saturated heterocycles. The summed E-state index contributed by atoms with van der Waals surface area (Å²) < 4.78 is 14.8. The SMILES string of the molecule is C1CCOC1.C1CCOC1.C=CCBr.C=CCC(O)C#CC.C=CCOCC#CC.CC#CCO.CC12CC(=O)CC1C2.[CH2-]CCC.[Cl][Pt][Cl].[H-].[Li+].[Na+]. The van der Waals surface area contributed by atoms with Crippen molar-refractivity contribution in [3.63, 3.8) is 0 Å². The van der Waals surface area contributed by atoms with Crippen molar-refractivity contribution in [1.82, 2.24) is 0 Å². The zero-order valence-corrected chi connectivity index (χ0v) is 40.8. The van der Waals surface area contributed by atoms with Crippen molar-refractivity contribution < 1.29 is 95.5 Å². The van der Waals surface area contributed by atoms with Gasteiger partial charge in [0.1, 0.15) is 25.1 Å². The Morgan fingerprint density at radius 3 is 1.69 bits per heavy atom. The van der Waals surface area contributed by atoms with E-state index in [1.54, 1.807) is 39.0 Å². The van der Waals surface area contributed by atoms with Gasteiger partial charge in [0.25, 0.3) is 0 Å². The maximum absolute atomic E-state index is 10.7. The Kier molecular flexibility index (Phi) is 79.1. The first-order valence-electron chi connectivity index (χ1n) is 16.8. The number of carbonyl (C=O) groups is 1. The minimum Gasteiger partial charge on any atom is -1.00 e. The number of alkyl halides is 1. The van der Waals surface area contributed by atoms with Crippen LogP contribution in [0.4, 0.5) is 0 Å². The molecule has 0 spiro atoms. The minimum absolute atomic E-state index is 0. The molecule has 3 unspecified atom stereocenters. The van der Waals surface area contributed by atoms with Gasteiger partial charge in [0.15, 0.2) is 0 Å². The molecule has 52 heavy (non-hydrogen) atoms. The van der Waals surface area contributed by atoms with Crippen molar-refractivity contribution >= 4 is 40.5 Å². The average Bonchev–Trinajstić information content (AvgIpc) is 3.72. The molecule has 2 aliphatic carbocycles. The molecular weight excluding hydrogens is 952 g/mol. The zero-order chi connectivity index (χ0) is 39.2. The maximum atomic E-state index is 10.7. The average molecular weight is 1020 g/mol. The number of hydrogen-bond donors (Lipinski definition) is 2. The third-order valence-corrected chi connectivity index (χ3v) is 6.73. The van der Waals surface area contributed by atoms with Gasteiger partial charge in [0.2, 0.25) is 0 Å². The fourth-order valence-electron chi connectivity index (χ4n) is 3.58. The summed E-state index contributed by atoms with van der Waals surface area (Å²) in [5.74, 6) is 16.9. The van der Waals surface area contributed by atoms with Gasteiger partial charge in [-0.15, -0.1) is 37.5 Å². The number of hydrogen-bond acceptors (Lipinski definition) is 6. The molecule has 0 aromatic carbocycles. The van der Waals surface area contributed by atoms with Crippen molar-refractivity contribution in [1.29, 1.82) is 0 Å². The number of allylic oxidation sites excluding steroid dienone is 1. The normalized spacial score (nSPS) is 17.4. The van der Waals surface area contributed by atoms with E-state index in [-0.39, 0.29) is 56.5 Å². The van der Waals surface area contributed by atoms with Gasteiger partial charge >= 0.3 is 83.7 Å². The van der Waals surface area contributed by atoms with Crippen LogP contribution in [0.25, 0.3) is 0 Å². The number of fused-ring (bicyclic) bond motifs is 1. The smallest absolute Gasteiger partial charge is 1.00 e. The topological polar surface area (TPSA) is 85.2 Å². The molecule has 3 atom stereocenters. The van der Waals surface area contributed by atoms with Crippen molar-refractivity contribution in [2.75, 3.05) is 51.6 Å². The van der Waals surface area contributed by atoms with E-state index in [0.717, 1.165) is 56.9 Å². The van der Waals surface area contributed by atoms with Crippen LogP contribution in [0.3, 0.4) is 0 Å². The second kappa shape index (κ2) is 61.0. The number of aliphatic hydroxyl groups is 2. The van der Waals surface area contributed by atoms with Crippen LogP contribution in [0, 0.1) is 53.8 Å². The Bertz CT molecular complexity index is 935. The van der Waals surface area contributed by atoms with E-state index >= 15 is 0 Å². The third-order valence-electron chi connectivity index (χ3n) is 6.27. The Balaban J connectivity index is -0.0000000724. The summed E-state index contributed by atoms with van der Waals surface area (Å²) in [7, 11) is 9.75. The first kappa shape index (κ1) is 67.5. The van der Waals surface area contributed by atoms with Crippen LogP contribution >= 0.6 is 34.8 Å². The molecule has 0 amide bonds. The molecule has 6 nitrogen and oxygen atoms in total. The standard InChI is InChI=1S/3C7H10O.2C4H8O.C4H6O.C4H9.C3H5Br.2ClH.Li.Na.Pt.H/c1-7-3-5(7)2-6(8)4-7;1-3-5-7-8-6-4-2;1-3-5-7(8)6-4-2;2*1-2-4-5-3-1;1-2-3-4-5;1-3-4-2;1-2-3-4;;;;;;/h5H,2-4H2,1H3;4H,2,6-7H2,1H3;3,7-8H,1,5H2,2H3;2*1-4H2;5H,4H2,1H3;1,3-4H2,2H3;2H,1,3H2;2*1H;;;;/q;;;;;;-1;;;;2*+1;+2;-1/p-2. The molecule has 2 saturated carbocycles. The Morgan fingerprint density at radius 1 is 1.04 bits per heavy atom. The first-order valence-corrected chi connectivity index (χ1v) is 23.6. The Labute approximate surface area is 380 Å². The summed E-state index contributed by atoms with van der Waals surface area (Å²) in [4.78, 5) is 10.7. The van der Waals surface area contributed by atoms with E-state index in [9.17, 15) is 4.79 Å². The summed E-state index contributed by atoms with van der Waals surface area (Å²) >= 11 is 2.66. The number of rotatable bonds is 7. The van der Waals surface area contributed by atoms with Gasteiger partial charge in [-0.25, -0.2) is 0 Å². The fourth-order valence-corrected chi connectivity index (χ4v) is 3.58. The second-order valence-corrected chi connectivity index (χ2v) is 14.6. The number of aliphatic hydroxyl groups excluding tert-OH is 2. The van der Waals surface area contributed by atoms with Gasteiger partial charge in [0.05, 0.1) is 6.61 Å². The van der Waals surface area contributed by atoms with Crippen molar-refractivity contribution in [3.05, 3.63) is 44.9 Å². The molecule has 2 heterocycles. The number of Topliss-reactive ketones (excluding diaryl/α,β-unsaturated/α-hetero) is 1. The Hall–Kier alpha value is 0.716. The maximum Gasteiger partial charge on any atom is 1.00 e. The molecule has 0 aromatic heterocycles. The molecule has 2 aliphatic heterocycles. The van der Waals surface area contributed by atoms with E-state index < -0.39 is 22.6 Å². The van der Waals surface area contributed by atoms with Crippen LogP contribution in [0.2, 0.25) is 0 Å². The van der Waals surface area contributed by atoms with Crippen molar-refractivity contribution in [2.24, 2.45) is 11.3 Å². The second-order valence-electron chi connectivity index (χ2n) is 10.7. The summed E-state index contributed by atoms with van der Waals surface area (Å²) in [6.45, 7) is 28.6. The molecular formula is C40H67BrCl2LiNaO6Pt. The fraction of sp³-hybridized carbons (Fsp3) is 0.650. The van der Waals surface area contributed by atoms with E-state index in [0.29, 0.717) is 30.8 Å². The first-order chi connectivity index (χ1) is 24.1. The number of ether oxygens (including phenoxy) is 3. The van der Waals surface area contributed by atoms with Gasteiger partial charge in [-0.1, -0.05) is 72.2 Å². The van der Waals surface area contributed by atoms with Crippen LogP contribution in [-0.2, 0) is 35.5 Å². The zero-order valence-electron chi connectivity index (χ0n) is 34.4. The van der Waals surface area contributed by atoms with E-state index in [1.807, 2.05) is 0 Å². The quantitative estimate of drug-likeness (QED) is 0.101. The summed E-state index contributed by atoms with van der Waals surface area (Å²) in [6.07, 6.45) is 15.7. The van der Waals surface area contributed by atoms with Gasteiger partial charge in [-0.2, -0.15) is 6.42 Å². The largest absolute Gasteiger partial charge is 1.00 e. The molecule has 12 heteroatoms. The van der Waals surface area contributed by atoms with E-state index in [1.165, 1.54) is 38.5 Å². The molecule has 0 radical (unpaired) electrons. The third kappa shape index (κ3) is 65.6. The van der Waals surface area contributed by atoms with Crippen LogP contribution < -0.4 is 48.4 Å². The molecule has 4 rings (SSSR count). The van der Waals surface area contributed by atoms with E-state index in [2.05, 4.69) is 92.0 Å². The predicted molar refractivity (Wildman–Crippen MR) is 217 cm³/mol. The number of carbonyl (C=O) groups excluding carboxylic acids is 1. The number of ketones is 1. The Morgan fingerprint density at radius 2 is 1.50 bits per heavy atom. The van der Waals surface area contributed by atoms with Gasteiger partial charge < -0.3 is 32.8 Å². The van der Waals surface area contributed by atoms with Crippen molar-refractivity contribution in [3.8, 4) is 35.5 Å². The molecule has 0 aromatic rings. The number of halogens is 3. The van der Waals surface area contributed by atoms with Gasteiger partial charge in [-0.05, 0) is 64.2 Å². The monoisotopic (exact) mass is 1020 g/mol. The summed E-state index contributed by atoms with van der Waals surface area (Å²) in [5.41, 5.74) is 0.483. The molecule has 2 N–H and O–H groups in total. The predicted octanol–water partition coefficient (Wildman–Crippen LogP) is 3.81. The number of unbranched alkanes of at least 4 members (excludes halogenated alkanes) is 1.